The summed E-state index contributed by atoms with van der Waals surface area (Å²) < 4.78 is 47.7. The minimum atomic E-state index is -4.05. The van der Waals surface area contributed by atoms with E-state index < -0.39 is 33.3 Å². The molecule has 0 saturated heterocycles. The van der Waals surface area contributed by atoms with Crippen LogP contribution in [0, 0.1) is 23.1 Å². The van der Waals surface area contributed by atoms with Crippen molar-refractivity contribution < 1.29 is 22.0 Å². The van der Waals surface area contributed by atoms with Gasteiger partial charge >= 0.3 is 0 Å². The molecule has 0 radical (unpaired) electrons. The molecule has 9 heteroatoms. The second-order valence-electron chi connectivity index (χ2n) is 8.39. The lowest BCUT2D eigenvalue weighted by molar-refractivity contribution is -0.123. The van der Waals surface area contributed by atoms with E-state index in [4.69, 9.17) is 4.42 Å². The first-order valence-electron chi connectivity index (χ1n) is 10.00. The fourth-order valence-corrected chi connectivity index (χ4v) is 4.78. The van der Waals surface area contributed by atoms with Gasteiger partial charge in [0, 0.05) is 16.8 Å². The third kappa shape index (κ3) is 4.27. The number of amides is 1. The van der Waals surface area contributed by atoms with Crippen molar-refractivity contribution in [1.29, 1.82) is 5.26 Å². The largest absolute Gasteiger partial charge is 0.456 e. The first-order valence-corrected chi connectivity index (χ1v) is 11.5. The predicted molar refractivity (Wildman–Crippen MR) is 113 cm³/mol. The zero-order valence-electron chi connectivity index (χ0n) is 17.1. The molecule has 1 heterocycles. The monoisotopic (exact) mass is 443 g/mol. The number of nitriles is 1. The summed E-state index contributed by atoms with van der Waals surface area (Å²) in [7, 11) is -4.05. The van der Waals surface area contributed by atoms with Gasteiger partial charge in [-0.25, -0.2) is 12.8 Å². The Labute approximate surface area is 179 Å². The Balaban J connectivity index is 1.65. The van der Waals surface area contributed by atoms with Crippen molar-refractivity contribution in [3.63, 3.8) is 0 Å². The highest BCUT2D eigenvalue weighted by Crippen LogP contribution is 2.34. The Morgan fingerprint density at radius 2 is 1.94 bits per heavy atom. The van der Waals surface area contributed by atoms with E-state index in [1.807, 2.05) is 13.8 Å². The first kappa shape index (κ1) is 21.3. The standard InChI is InChI=1S/C22H22FN3O4S/c1-13(2)9-18(21(27)25-22(12-24)7-8-22)26-31(28,29)15-4-6-19-17(11-15)16-5-3-14(23)10-20(16)30-19/h3-6,10-11,13,18,26H,7-9H2,1-2H3,(H,25,27)/t18-/m0/s1. The molecule has 1 saturated carbocycles. The van der Waals surface area contributed by atoms with Crippen molar-refractivity contribution in [2.45, 2.75) is 49.6 Å². The molecule has 2 N–H and O–H groups in total. The van der Waals surface area contributed by atoms with Crippen LogP contribution in [-0.4, -0.2) is 25.9 Å². The van der Waals surface area contributed by atoms with E-state index in [2.05, 4.69) is 16.1 Å². The van der Waals surface area contributed by atoms with Crippen LogP contribution in [-0.2, 0) is 14.8 Å². The smallest absolute Gasteiger partial charge is 0.241 e. The van der Waals surface area contributed by atoms with Crippen LogP contribution >= 0.6 is 0 Å². The van der Waals surface area contributed by atoms with E-state index >= 15 is 0 Å². The van der Waals surface area contributed by atoms with Crippen LogP contribution in [0.5, 0.6) is 0 Å². The van der Waals surface area contributed by atoms with Crippen LogP contribution < -0.4 is 10.0 Å². The van der Waals surface area contributed by atoms with Gasteiger partial charge < -0.3 is 9.73 Å². The molecule has 0 unspecified atom stereocenters. The highest BCUT2D eigenvalue weighted by atomic mass is 32.2. The van der Waals surface area contributed by atoms with Crippen LogP contribution in [0.4, 0.5) is 4.39 Å². The van der Waals surface area contributed by atoms with Crippen LogP contribution in [0.2, 0.25) is 0 Å². The molecule has 1 amide bonds. The Hall–Kier alpha value is -2.96. The summed E-state index contributed by atoms with van der Waals surface area (Å²) in [6.45, 7) is 3.77. The van der Waals surface area contributed by atoms with E-state index in [-0.39, 0.29) is 17.2 Å². The topological polar surface area (TPSA) is 112 Å². The van der Waals surface area contributed by atoms with Crippen molar-refractivity contribution in [3.05, 3.63) is 42.2 Å². The summed E-state index contributed by atoms with van der Waals surface area (Å²) in [5.41, 5.74) is -0.136. The number of furan rings is 1. The molecule has 31 heavy (non-hydrogen) atoms. The first-order chi connectivity index (χ1) is 14.6. The molecule has 7 nitrogen and oxygen atoms in total. The molecule has 162 valence electrons. The van der Waals surface area contributed by atoms with Crippen molar-refractivity contribution in [3.8, 4) is 6.07 Å². The van der Waals surface area contributed by atoms with Crippen molar-refractivity contribution in [2.24, 2.45) is 5.92 Å². The molecule has 3 aromatic rings. The fraction of sp³-hybridized carbons (Fsp3) is 0.364. The maximum atomic E-state index is 13.5. The lowest BCUT2D eigenvalue weighted by Crippen LogP contribution is -2.50. The van der Waals surface area contributed by atoms with Gasteiger partial charge in [0.2, 0.25) is 15.9 Å². The number of sulfonamides is 1. The highest BCUT2D eigenvalue weighted by Gasteiger charge is 2.46. The minimum absolute atomic E-state index is 0.0324. The molecule has 2 aromatic carbocycles. The summed E-state index contributed by atoms with van der Waals surface area (Å²) in [5.74, 6) is -0.915. The van der Waals surface area contributed by atoms with Gasteiger partial charge in [0.05, 0.1) is 11.0 Å². The normalized spacial score (nSPS) is 16.4. The number of nitrogens with one attached hydrogen (secondary N) is 2. The second kappa shape index (κ2) is 7.62. The van der Waals surface area contributed by atoms with Crippen LogP contribution in [0.1, 0.15) is 33.1 Å². The molecule has 1 aliphatic carbocycles. The maximum Gasteiger partial charge on any atom is 0.241 e. The molecular formula is C22H22FN3O4S. The third-order valence-electron chi connectivity index (χ3n) is 5.36. The van der Waals surface area contributed by atoms with Crippen LogP contribution in [0.15, 0.2) is 45.7 Å². The Morgan fingerprint density at radius 1 is 1.19 bits per heavy atom. The van der Waals surface area contributed by atoms with Crippen molar-refractivity contribution >= 4 is 37.9 Å². The van der Waals surface area contributed by atoms with E-state index in [1.165, 1.54) is 36.4 Å². The van der Waals surface area contributed by atoms with E-state index in [1.54, 1.807) is 0 Å². The average molecular weight is 444 g/mol. The van der Waals surface area contributed by atoms with Gasteiger partial charge in [-0.15, -0.1) is 0 Å². The van der Waals surface area contributed by atoms with Gasteiger partial charge in [-0.3, -0.25) is 4.79 Å². The summed E-state index contributed by atoms with van der Waals surface area (Å²) in [6.07, 6.45) is 1.39. The number of hydrogen-bond donors (Lipinski definition) is 2. The molecule has 0 bridgehead atoms. The highest BCUT2D eigenvalue weighted by molar-refractivity contribution is 7.89. The van der Waals surface area contributed by atoms with Gasteiger partial charge in [-0.05, 0) is 55.5 Å². The number of carbonyl (C=O) groups excluding carboxylic acids is 1. The van der Waals surface area contributed by atoms with Gasteiger partial charge in [-0.1, -0.05) is 13.8 Å². The molecule has 1 aliphatic rings. The van der Waals surface area contributed by atoms with Gasteiger partial charge in [-0.2, -0.15) is 9.98 Å². The summed E-state index contributed by atoms with van der Waals surface area (Å²) in [5, 5.41) is 13.0. The molecule has 1 atom stereocenters. The fourth-order valence-electron chi connectivity index (χ4n) is 3.55. The molecule has 1 aromatic heterocycles. The van der Waals surface area contributed by atoms with E-state index in [9.17, 15) is 22.9 Å². The van der Waals surface area contributed by atoms with Crippen LogP contribution in [0.3, 0.4) is 0 Å². The third-order valence-corrected chi connectivity index (χ3v) is 6.83. The number of benzene rings is 2. The van der Waals surface area contributed by atoms with Crippen molar-refractivity contribution in [1.82, 2.24) is 10.0 Å². The SMILES string of the molecule is CC(C)C[C@H](NS(=O)(=O)c1ccc2oc3cc(F)ccc3c2c1)C(=O)NC1(C#N)CC1. The quantitative estimate of drug-likeness (QED) is 0.580. The van der Waals surface area contributed by atoms with E-state index in [0.29, 0.717) is 34.8 Å². The number of carbonyl (C=O) groups is 1. The Kier molecular flexibility index (Phi) is 5.23. The van der Waals surface area contributed by atoms with Gasteiger partial charge in [0.1, 0.15) is 28.6 Å². The minimum Gasteiger partial charge on any atom is -0.456 e. The van der Waals surface area contributed by atoms with Gasteiger partial charge in [0.25, 0.3) is 0 Å². The Morgan fingerprint density at radius 3 is 2.58 bits per heavy atom. The molecular weight excluding hydrogens is 421 g/mol. The Bertz CT molecular complexity index is 1320. The molecule has 0 spiro atoms. The molecule has 1 fully saturated rings. The number of nitrogens with zero attached hydrogens (tertiary/aromatic N) is 1. The average Bonchev–Trinajstić information content (AvgIpc) is 3.38. The second-order valence-corrected chi connectivity index (χ2v) is 10.1. The molecule has 4 rings (SSSR count). The lowest BCUT2D eigenvalue weighted by Gasteiger charge is -2.21. The zero-order valence-corrected chi connectivity index (χ0v) is 17.9. The summed E-state index contributed by atoms with van der Waals surface area (Å²) >= 11 is 0. The van der Waals surface area contributed by atoms with Gasteiger partial charge in [0.15, 0.2) is 0 Å². The predicted octanol–water partition coefficient (Wildman–Crippen LogP) is 3.59. The summed E-state index contributed by atoms with van der Waals surface area (Å²) in [4.78, 5) is 12.7. The lowest BCUT2D eigenvalue weighted by atomic mass is 10.0. The number of halogens is 1. The van der Waals surface area contributed by atoms with E-state index in [0.717, 1.165) is 0 Å². The summed E-state index contributed by atoms with van der Waals surface area (Å²) in [6, 6.07) is 9.46. The zero-order chi connectivity index (χ0) is 22.4. The number of fused-ring (bicyclic) bond motifs is 3. The van der Waals surface area contributed by atoms with Crippen LogP contribution in [0.25, 0.3) is 21.9 Å². The number of rotatable bonds is 7. The van der Waals surface area contributed by atoms with Crippen molar-refractivity contribution in [2.75, 3.05) is 0 Å². The maximum absolute atomic E-state index is 13.5. The molecule has 0 aliphatic heterocycles. The number of hydrogen-bond acceptors (Lipinski definition) is 5.